The van der Waals surface area contributed by atoms with E-state index in [0.717, 1.165) is 0 Å². The summed E-state index contributed by atoms with van der Waals surface area (Å²) in [7, 11) is 0. The minimum atomic E-state index is -0.510. The fraction of sp³-hybridized carbons (Fsp3) is 0.0667. The number of carbonyl (C=O) groups excluding carboxylic acids is 1. The summed E-state index contributed by atoms with van der Waals surface area (Å²) in [6, 6.07) is 10.8. The molecule has 0 atom stereocenters. The Balaban J connectivity index is 1.95. The van der Waals surface area contributed by atoms with Crippen molar-refractivity contribution in [3.8, 4) is 5.75 Å². The van der Waals surface area contributed by atoms with E-state index >= 15 is 0 Å². The number of benzene rings is 2. The van der Waals surface area contributed by atoms with E-state index in [0.29, 0.717) is 15.8 Å². The number of amides is 1. The van der Waals surface area contributed by atoms with Crippen LogP contribution >= 0.6 is 15.9 Å². The third-order valence-corrected chi connectivity index (χ3v) is 3.29. The Morgan fingerprint density at radius 1 is 1.36 bits per heavy atom. The third kappa shape index (κ3) is 4.29. The summed E-state index contributed by atoms with van der Waals surface area (Å²) < 4.78 is 19.4. The number of nitrogens with one attached hydrogen (secondary N) is 1. The summed E-state index contributed by atoms with van der Waals surface area (Å²) >= 11 is 3.29. The Labute approximate surface area is 134 Å². The van der Waals surface area contributed by atoms with Crippen molar-refractivity contribution < 1.29 is 19.1 Å². The lowest BCUT2D eigenvalue weighted by Gasteiger charge is -2.09. The first kappa shape index (κ1) is 16.0. The Bertz CT molecular complexity index is 707. The molecule has 0 heterocycles. The second-order valence-electron chi connectivity index (χ2n) is 4.25. The summed E-state index contributed by atoms with van der Waals surface area (Å²) in [5.74, 6) is -0.540. The van der Waals surface area contributed by atoms with Gasteiger partial charge in [0, 0.05) is 0 Å². The highest BCUT2D eigenvalue weighted by molar-refractivity contribution is 9.10. The van der Waals surface area contributed by atoms with Crippen LogP contribution < -0.4 is 10.1 Å². The lowest BCUT2D eigenvalue weighted by molar-refractivity contribution is -0.118. The molecule has 1 amide bonds. The molecule has 0 radical (unpaired) electrons. The predicted octanol–water partition coefficient (Wildman–Crippen LogP) is 3.41. The van der Waals surface area contributed by atoms with E-state index in [4.69, 9.17) is 9.94 Å². The molecule has 0 spiro atoms. The predicted molar refractivity (Wildman–Crippen MR) is 84.0 cm³/mol. The van der Waals surface area contributed by atoms with Crippen LogP contribution in [0.25, 0.3) is 0 Å². The number of anilines is 1. The number of hydrogen-bond acceptors (Lipinski definition) is 4. The Hall–Kier alpha value is -2.41. The fourth-order valence-electron chi connectivity index (χ4n) is 1.67. The highest BCUT2D eigenvalue weighted by Crippen LogP contribution is 2.25. The Morgan fingerprint density at radius 3 is 2.82 bits per heavy atom. The van der Waals surface area contributed by atoms with Crippen LogP contribution in [0.5, 0.6) is 5.75 Å². The van der Waals surface area contributed by atoms with Gasteiger partial charge in [0.2, 0.25) is 0 Å². The van der Waals surface area contributed by atoms with Gasteiger partial charge in [-0.1, -0.05) is 17.3 Å². The number of rotatable bonds is 5. The molecule has 0 saturated carbocycles. The van der Waals surface area contributed by atoms with Crippen LogP contribution in [-0.4, -0.2) is 23.9 Å². The minimum absolute atomic E-state index is 0.102. The number of para-hydroxylation sites is 1. The van der Waals surface area contributed by atoms with Gasteiger partial charge in [0.05, 0.1) is 16.4 Å². The van der Waals surface area contributed by atoms with Gasteiger partial charge in [-0.25, -0.2) is 4.39 Å². The van der Waals surface area contributed by atoms with Crippen molar-refractivity contribution in [1.29, 1.82) is 0 Å². The fourth-order valence-corrected chi connectivity index (χ4v) is 2.18. The summed E-state index contributed by atoms with van der Waals surface area (Å²) in [5.41, 5.74) is 0.766. The van der Waals surface area contributed by atoms with E-state index in [1.807, 2.05) is 0 Å². The quantitative estimate of drug-likeness (QED) is 0.483. The van der Waals surface area contributed by atoms with E-state index < -0.39 is 11.7 Å². The zero-order chi connectivity index (χ0) is 15.9. The van der Waals surface area contributed by atoms with Crippen molar-refractivity contribution in [2.75, 3.05) is 11.9 Å². The molecule has 5 nitrogen and oxygen atoms in total. The molecule has 7 heteroatoms. The first-order chi connectivity index (χ1) is 10.6. The Morgan fingerprint density at radius 2 is 2.14 bits per heavy atom. The first-order valence-electron chi connectivity index (χ1n) is 6.24. The standard InChI is InChI=1S/C15H12BrFN2O3/c16-11-7-10(8-18-21)5-6-14(11)22-9-15(20)19-13-4-2-1-3-12(13)17/h1-8,21H,9H2,(H,19,20). The second kappa shape index (κ2) is 7.56. The van der Waals surface area contributed by atoms with Crippen molar-refractivity contribution in [2.24, 2.45) is 5.16 Å². The molecular weight excluding hydrogens is 355 g/mol. The lowest BCUT2D eigenvalue weighted by Crippen LogP contribution is -2.20. The van der Waals surface area contributed by atoms with Gasteiger partial charge in [-0.3, -0.25) is 4.79 Å². The van der Waals surface area contributed by atoms with Gasteiger partial charge in [0.25, 0.3) is 5.91 Å². The molecule has 0 aliphatic rings. The average Bonchev–Trinajstić information content (AvgIpc) is 2.49. The van der Waals surface area contributed by atoms with Crippen molar-refractivity contribution in [1.82, 2.24) is 0 Å². The molecule has 0 saturated heterocycles. The van der Waals surface area contributed by atoms with Gasteiger partial charge in [0.1, 0.15) is 11.6 Å². The highest BCUT2D eigenvalue weighted by atomic mass is 79.9. The molecular formula is C15H12BrFN2O3. The van der Waals surface area contributed by atoms with Crippen molar-refractivity contribution in [2.45, 2.75) is 0 Å². The van der Waals surface area contributed by atoms with Gasteiger partial charge < -0.3 is 15.3 Å². The second-order valence-corrected chi connectivity index (χ2v) is 5.11. The highest BCUT2D eigenvalue weighted by Gasteiger charge is 2.09. The minimum Gasteiger partial charge on any atom is -0.483 e. The zero-order valence-electron chi connectivity index (χ0n) is 11.3. The maximum atomic E-state index is 13.4. The largest absolute Gasteiger partial charge is 0.483 e. The smallest absolute Gasteiger partial charge is 0.262 e. The van der Waals surface area contributed by atoms with Crippen LogP contribution in [-0.2, 0) is 4.79 Å². The number of oxime groups is 1. The maximum absolute atomic E-state index is 13.4. The molecule has 0 aliphatic heterocycles. The first-order valence-corrected chi connectivity index (χ1v) is 7.03. The summed E-state index contributed by atoms with van der Waals surface area (Å²) in [6.07, 6.45) is 1.26. The van der Waals surface area contributed by atoms with E-state index in [2.05, 4.69) is 26.4 Å². The monoisotopic (exact) mass is 366 g/mol. The molecule has 0 unspecified atom stereocenters. The molecule has 0 aromatic heterocycles. The van der Waals surface area contributed by atoms with Crippen LogP contribution in [0, 0.1) is 5.82 Å². The van der Waals surface area contributed by atoms with Gasteiger partial charge in [-0.2, -0.15) is 0 Å². The summed E-state index contributed by atoms with van der Waals surface area (Å²) in [6.45, 7) is -0.264. The van der Waals surface area contributed by atoms with Crippen LogP contribution in [0.1, 0.15) is 5.56 Å². The molecule has 0 bridgehead atoms. The van der Waals surface area contributed by atoms with E-state index in [1.54, 1.807) is 24.3 Å². The molecule has 114 valence electrons. The number of ether oxygens (including phenoxy) is 1. The number of hydrogen-bond donors (Lipinski definition) is 2. The van der Waals surface area contributed by atoms with Gasteiger partial charge in [0.15, 0.2) is 6.61 Å². The average molecular weight is 367 g/mol. The van der Waals surface area contributed by atoms with Crippen LogP contribution in [0.3, 0.4) is 0 Å². The van der Waals surface area contributed by atoms with Crippen molar-refractivity contribution in [3.05, 3.63) is 58.3 Å². The van der Waals surface area contributed by atoms with E-state index in [-0.39, 0.29) is 12.3 Å². The zero-order valence-corrected chi connectivity index (χ0v) is 12.9. The Kier molecular flexibility index (Phi) is 5.48. The third-order valence-electron chi connectivity index (χ3n) is 2.67. The van der Waals surface area contributed by atoms with Gasteiger partial charge in [-0.15, -0.1) is 0 Å². The van der Waals surface area contributed by atoms with Crippen LogP contribution in [0.2, 0.25) is 0 Å². The number of nitrogens with zero attached hydrogens (tertiary/aromatic N) is 1. The summed E-state index contributed by atoms with van der Waals surface area (Å²) in [4.78, 5) is 11.7. The van der Waals surface area contributed by atoms with Crippen molar-refractivity contribution >= 4 is 33.7 Å². The molecule has 2 aromatic carbocycles. The molecule has 0 fully saturated rings. The molecule has 2 N–H and O–H groups in total. The maximum Gasteiger partial charge on any atom is 0.262 e. The summed E-state index contributed by atoms with van der Waals surface area (Å²) in [5, 5.41) is 13.8. The molecule has 2 aromatic rings. The number of carbonyl (C=O) groups is 1. The topological polar surface area (TPSA) is 70.9 Å². The SMILES string of the molecule is O=C(COc1ccc(C=NO)cc1Br)Nc1ccccc1F. The van der Waals surface area contributed by atoms with Crippen LogP contribution in [0.4, 0.5) is 10.1 Å². The molecule has 0 aliphatic carbocycles. The lowest BCUT2D eigenvalue weighted by atomic mass is 10.2. The van der Waals surface area contributed by atoms with E-state index in [9.17, 15) is 9.18 Å². The van der Waals surface area contributed by atoms with Gasteiger partial charge >= 0.3 is 0 Å². The van der Waals surface area contributed by atoms with Crippen LogP contribution in [0.15, 0.2) is 52.1 Å². The molecule has 22 heavy (non-hydrogen) atoms. The van der Waals surface area contributed by atoms with Gasteiger partial charge in [-0.05, 0) is 51.8 Å². The van der Waals surface area contributed by atoms with E-state index in [1.165, 1.54) is 24.4 Å². The number of halogens is 2. The normalized spacial score (nSPS) is 10.6. The molecule has 2 rings (SSSR count). The van der Waals surface area contributed by atoms with Crippen molar-refractivity contribution in [3.63, 3.8) is 0 Å².